The molecule has 2 aromatic rings. The summed E-state index contributed by atoms with van der Waals surface area (Å²) in [5.74, 6) is 5.93. The fourth-order valence-corrected chi connectivity index (χ4v) is 3.18. The lowest BCUT2D eigenvalue weighted by atomic mass is 9.94. The van der Waals surface area contributed by atoms with E-state index in [2.05, 4.69) is 38.9 Å². The van der Waals surface area contributed by atoms with Gasteiger partial charge in [-0.15, -0.1) is 5.92 Å². The summed E-state index contributed by atoms with van der Waals surface area (Å²) in [7, 11) is 1.78. The smallest absolute Gasteiger partial charge is 0.137 e. The van der Waals surface area contributed by atoms with E-state index in [1.54, 1.807) is 12.6 Å². The van der Waals surface area contributed by atoms with E-state index >= 15 is 0 Å². The normalized spacial score (nSPS) is 15.4. The van der Waals surface area contributed by atoms with Crippen molar-refractivity contribution >= 4 is 22.8 Å². The Labute approximate surface area is 143 Å². The summed E-state index contributed by atoms with van der Waals surface area (Å²) < 4.78 is 0. The molecule has 0 atom stereocenters. The number of aromatic nitrogens is 2. The molecule has 0 aromatic carbocycles. The Morgan fingerprint density at radius 3 is 3.08 bits per heavy atom. The minimum atomic E-state index is 0.909. The van der Waals surface area contributed by atoms with E-state index in [4.69, 9.17) is 0 Å². The van der Waals surface area contributed by atoms with Crippen LogP contribution in [0.3, 0.4) is 0 Å². The predicted octanol–water partition coefficient (Wildman–Crippen LogP) is 4.71. The van der Waals surface area contributed by atoms with Crippen molar-refractivity contribution in [2.75, 3.05) is 7.05 Å². The van der Waals surface area contributed by atoms with Gasteiger partial charge >= 0.3 is 0 Å². The van der Waals surface area contributed by atoms with Crippen LogP contribution in [0, 0.1) is 11.8 Å². The van der Waals surface area contributed by atoms with Crippen LogP contribution in [0.25, 0.3) is 16.6 Å². The lowest BCUT2D eigenvalue weighted by Crippen LogP contribution is -1.97. The van der Waals surface area contributed by atoms with E-state index in [1.807, 2.05) is 31.6 Å². The Balaban J connectivity index is 1.98. The van der Waals surface area contributed by atoms with Crippen LogP contribution < -0.4 is 0 Å². The molecule has 24 heavy (non-hydrogen) atoms. The molecule has 3 heteroatoms. The molecule has 0 saturated heterocycles. The molecule has 0 spiro atoms. The average molecular weight is 317 g/mol. The zero-order chi connectivity index (χ0) is 16.8. The Hall–Kier alpha value is -2.60. The minimum Gasteiger partial charge on any atom is -0.346 e. The number of fused-ring (bicyclic) bond motifs is 1. The lowest BCUT2D eigenvalue weighted by Gasteiger charge is -2.12. The molecule has 0 unspecified atom stereocenters. The molecular formula is C21H23N3. The van der Waals surface area contributed by atoms with E-state index in [1.165, 1.54) is 31.2 Å². The highest BCUT2D eigenvalue weighted by atomic mass is 14.8. The first kappa shape index (κ1) is 16.3. The van der Waals surface area contributed by atoms with Gasteiger partial charge in [0.1, 0.15) is 5.65 Å². The first-order chi connectivity index (χ1) is 11.8. The third-order valence-corrected chi connectivity index (χ3v) is 4.36. The second kappa shape index (κ2) is 7.79. The highest BCUT2D eigenvalue weighted by Gasteiger charge is 2.11. The van der Waals surface area contributed by atoms with Gasteiger partial charge in [0, 0.05) is 42.2 Å². The average Bonchev–Trinajstić information content (AvgIpc) is 3.03. The second-order valence-electron chi connectivity index (χ2n) is 6.11. The fraction of sp³-hybridized carbons (Fsp3) is 0.333. The zero-order valence-corrected chi connectivity index (χ0v) is 14.4. The van der Waals surface area contributed by atoms with Crippen molar-refractivity contribution in [1.29, 1.82) is 0 Å². The first-order valence-corrected chi connectivity index (χ1v) is 8.50. The molecule has 122 valence electrons. The summed E-state index contributed by atoms with van der Waals surface area (Å²) in [5, 5.41) is 1.13. The van der Waals surface area contributed by atoms with Gasteiger partial charge in [0.05, 0.1) is 0 Å². The molecule has 3 rings (SSSR count). The number of nitrogens with one attached hydrogen (secondary N) is 1. The van der Waals surface area contributed by atoms with E-state index in [9.17, 15) is 0 Å². The number of H-pyrrole nitrogens is 1. The van der Waals surface area contributed by atoms with Gasteiger partial charge in [-0.2, -0.15) is 0 Å². The van der Waals surface area contributed by atoms with Crippen molar-refractivity contribution in [3.63, 3.8) is 0 Å². The van der Waals surface area contributed by atoms with Crippen molar-refractivity contribution in [2.45, 2.75) is 39.0 Å². The molecule has 0 amide bonds. The van der Waals surface area contributed by atoms with Crippen LogP contribution in [-0.2, 0) is 6.42 Å². The SMILES string of the molecule is CC#C/C=C(\C=N/C)c1c[nH]c2ncc(CC3=CCCCC3)cc12. The van der Waals surface area contributed by atoms with Crippen molar-refractivity contribution < 1.29 is 0 Å². The van der Waals surface area contributed by atoms with Crippen LogP contribution in [0.1, 0.15) is 43.7 Å². The van der Waals surface area contributed by atoms with Gasteiger partial charge < -0.3 is 4.98 Å². The maximum Gasteiger partial charge on any atom is 0.137 e. The summed E-state index contributed by atoms with van der Waals surface area (Å²) in [6.45, 7) is 1.84. The topological polar surface area (TPSA) is 41.0 Å². The predicted molar refractivity (Wildman–Crippen MR) is 102 cm³/mol. The Kier molecular flexibility index (Phi) is 5.28. The van der Waals surface area contributed by atoms with E-state index < -0.39 is 0 Å². The number of aromatic amines is 1. The Bertz CT molecular complexity index is 869. The molecule has 3 nitrogen and oxygen atoms in total. The Morgan fingerprint density at radius 1 is 1.42 bits per heavy atom. The fourth-order valence-electron chi connectivity index (χ4n) is 3.18. The van der Waals surface area contributed by atoms with Crippen molar-refractivity contribution in [2.24, 2.45) is 4.99 Å². The van der Waals surface area contributed by atoms with Crippen molar-refractivity contribution in [3.8, 4) is 11.8 Å². The number of hydrogen-bond acceptors (Lipinski definition) is 2. The molecule has 1 aliphatic carbocycles. The molecule has 0 fully saturated rings. The summed E-state index contributed by atoms with van der Waals surface area (Å²) in [6.07, 6.45) is 16.2. The molecule has 2 aromatic heterocycles. The molecule has 0 radical (unpaired) electrons. The van der Waals surface area contributed by atoms with Gasteiger partial charge in [-0.3, -0.25) is 4.99 Å². The molecule has 0 saturated carbocycles. The quantitative estimate of drug-likeness (QED) is 0.495. The van der Waals surface area contributed by atoms with E-state index in [0.29, 0.717) is 0 Å². The number of rotatable bonds is 4. The second-order valence-corrected chi connectivity index (χ2v) is 6.11. The minimum absolute atomic E-state index is 0.909. The monoisotopic (exact) mass is 317 g/mol. The molecule has 1 N–H and O–H groups in total. The summed E-state index contributed by atoms with van der Waals surface area (Å²) in [4.78, 5) is 12.0. The van der Waals surface area contributed by atoms with Gasteiger partial charge in [-0.1, -0.05) is 17.6 Å². The molecule has 1 aliphatic rings. The molecule has 0 aliphatic heterocycles. The third kappa shape index (κ3) is 3.65. The van der Waals surface area contributed by atoms with Gasteiger partial charge in [0.2, 0.25) is 0 Å². The van der Waals surface area contributed by atoms with Crippen LogP contribution >= 0.6 is 0 Å². The number of aliphatic imine (C=N–C) groups is 1. The third-order valence-electron chi connectivity index (χ3n) is 4.36. The molecule has 0 bridgehead atoms. The van der Waals surface area contributed by atoms with Gasteiger partial charge in [-0.25, -0.2) is 4.98 Å². The lowest BCUT2D eigenvalue weighted by molar-refractivity contribution is 0.688. The summed E-state index contributed by atoms with van der Waals surface area (Å²) in [6, 6.07) is 2.25. The van der Waals surface area contributed by atoms with E-state index in [-0.39, 0.29) is 0 Å². The highest BCUT2D eigenvalue weighted by molar-refractivity contribution is 6.15. The van der Waals surface area contributed by atoms with Crippen LogP contribution in [-0.4, -0.2) is 23.2 Å². The number of pyridine rings is 1. The van der Waals surface area contributed by atoms with Crippen LogP contribution in [0.2, 0.25) is 0 Å². The summed E-state index contributed by atoms with van der Waals surface area (Å²) in [5.41, 5.74) is 5.83. The maximum absolute atomic E-state index is 4.60. The largest absolute Gasteiger partial charge is 0.346 e. The number of hydrogen-bond donors (Lipinski definition) is 1. The van der Waals surface area contributed by atoms with Crippen LogP contribution in [0.5, 0.6) is 0 Å². The molecule has 2 heterocycles. The zero-order valence-electron chi connectivity index (χ0n) is 14.4. The summed E-state index contributed by atoms with van der Waals surface area (Å²) >= 11 is 0. The molecular weight excluding hydrogens is 294 g/mol. The van der Waals surface area contributed by atoms with Gasteiger partial charge in [0.25, 0.3) is 0 Å². The van der Waals surface area contributed by atoms with Crippen LogP contribution in [0.4, 0.5) is 0 Å². The highest BCUT2D eigenvalue weighted by Crippen LogP contribution is 2.26. The first-order valence-electron chi connectivity index (χ1n) is 8.50. The number of nitrogens with zero attached hydrogens (tertiary/aromatic N) is 2. The standard InChI is InChI=1S/C21H23N3/c1-3-4-10-18(14-22-2)20-15-24-21-19(20)12-17(13-23-21)11-16-8-6-5-7-9-16/h8,10,12-15H,5-7,9,11H2,1-2H3,(H,23,24)/b18-10+,22-14-. The van der Waals surface area contributed by atoms with Crippen molar-refractivity contribution in [1.82, 2.24) is 9.97 Å². The van der Waals surface area contributed by atoms with Gasteiger partial charge in [0.15, 0.2) is 0 Å². The number of allylic oxidation sites excluding steroid dienone is 4. The Morgan fingerprint density at radius 2 is 2.33 bits per heavy atom. The van der Waals surface area contributed by atoms with E-state index in [0.717, 1.165) is 28.6 Å². The van der Waals surface area contributed by atoms with Crippen LogP contribution in [0.15, 0.2) is 41.2 Å². The van der Waals surface area contributed by atoms with Crippen molar-refractivity contribution in [3.05, 3.63) is 47.3 Å². The van der Waals surface area contributed by atoms with Gasteiger partial charge in [-0.05, 0) is 56.7 Å². The maximum atomic E-state index is 4.60.